The van der Waals surface area contributed by atoms with Crippen LogP contribution in [0, 0.1) is 0 Å². The first-order valence-electron chi connectivity index (χ1n) is 4.14. The number of carbonyl (C=O) groups is 1. The van der Waals surface area contributed by atoms with Gasteiger partial charge in [-0.15, -0.1) is 0 Å². The van der Waals surface area contributed by atoms with E-state index in [1.54, 1.807) is 0 Å². The molecule has 0 aromatic heterocycles. The van der Waals surface area contributed by atoms with E-state index < -0.39 is 23.7 Å². The summed E-state index contributed by atoms with van der Waals surface area (Å²) >= 11 is 0. The highest BCUT2D eigenvalue weighted by molar-refractivity contribution is 5.81. The molecule has 1 rings (SSSR count). The molecule has 0 heterocycles. The van der Waals surface area contributed by atoms with Crippen LogP contribution in [-0.2, 0) is 11.0 Å². The van der Waals surface area contributed by atoms with E-state index in [1.807, 2.05) is 0 Å². The van der Waals surface area contributed by atoms with Crippen molar-refractivity contribution in [3.63, 3.8) is 0 Å². The van der Waals surface area contributed by atoms with Gasteiger partial charge in [0.05, 0.1) is 5.56 Å². The van der Waals surface area contributed by atoms with Gasteiger partial charge in [0.15, 0.2) is 12.0 Å². The molecule has 15 heavy (non-hydrogen) atoms. The third-order valence-corrected chi connectivity index (χ3v) is 1.86. The molecule has 0 saturated carbocycles. The van der Waals surface area contributed by atoms with Crippen molar-refractivity contribution in [1.29, 1.82) is 0 Å². The Morgan fingerprint density at radius 1 is 1.33 bits per heavy atom. The first-order valence-corrected chi connectivity index (χ1v) is 4.14. The van der Waals surface area contributed by atoms with E-state index in [-0.39, 0.29) is 5.56 Å². The maximum Gasteiger partial charge on any atom is 0.416 e. The summed E-state index contributed by atoms with van der Waals surface area (Å²) in [6, 6.07) is 3.71. The predicted molar refractivity (Wildman–Crippen MR) is 46.0 cm³/mol. The molecule has 1 nitrogen and oxygen atoms in total. The summed E-state index contributed by atoms with van der Waals surface area (Å²) in [4.78, 5) is 10.6. The van der Waals surface area contributed by atoms with Crippen molar-refractivity contribution in [2.75, 3.05) is 0 Å². The lowest BCUT2D eigenvalue weighted by molar-refractivity contribution is -0.137. The Bertz CT molecular complexity index is 370. The quantitative estimate of drug-likeness (QED) is 0.699. The molecule has 0 radical (unpaired) electrons. The Hall–Kier alpha value is -1.39. The van der Waals surface area contributed by atoms with Gasteiger partial charge in [0.1, 0.15) is 0 Å². The molecule has 5 heteroatoms. The first kappa shape index (κ1) is 11.7. The molecule has 0 aliphatic heterocycles. The van der Waals surface area contributed by atoms with Gasteiger partial charge in [-0.2, -0.15) is 13.2 Å². The average molecular weight is 220 g/mol. The smallest absolute Gasteiger partial charge is 0.296 e. The highest BCUT2D eigenvalue weighted by atomic mass is 19.4. The Morgan fingerprint density at radius 2 is 1.93 bits per heavy atom. The number of hydrogen-bond donors (Lipinski definition) is 0. The molecule has 82 valence electrons. The number of Topliss-reactive ketones (excluding diaryl/α,β-unsaturated/α-hetero) is 1. The zero-order chi connectivity index (χ0) is 11.6. The molecule has 0 N–H and O–H groups in total. The Morgan fingerprint density at radius 3 is 2.40 bits per heavy atom. The van der Waals surface area contributed by atoms with E-state index in [9.17, 15) is 22.4 Å². The lowest BCUT2D eigenvalue weighted by Crippen LogP contribution is -2.08. The van der Waals surface area contributed by atoms with Crippen LogP contribution in [-0.4, -0.2) is 5.78 Å². The SMILES string of the molecule is CC(=O)C(F)c1cccc(C(F)(F)F)c1. The van der Waals surface area contributed by atoms with Crippen LogP contribution in [0.4, 0.5) is 17.6 Å². The molecule has 0 spiro atoms. The molecule has 0 aliphatic carbocycles. The standard InChI is InChI=1S/C10H8F4O/c1-6(15)9(11)7-3-2-4-8(5-7)10(12,13)14/h2-5,9H,1H3. The molecule has 0 amide bonds. The molecular weight excluding hydrogens is 212 g/mol. The van der Waals surface area contributed by atoms with Crippen LogP contribution in [0.1, 0.15) is 24.2 Å². The van der Waals surface area contributed by atoms with Gasteiger partial charge in [-0.25, -0.2) is 4.39 Å². The van der Waals surface area contributed by atoms with Crippen LogP contribution in [0.15, 0.2) is 24.3 Å². The number of halogens is 4. The van der Waals surface area contributed by atoms with Crippen molar-refractivity contribution in [3.8, 4) is 0 Å². The number of benzene rings is 1. The second-order valence-corrected chi connectivity index (χ2v) is 3.10. The molecule has 0 aliphatic rings. The first-order chi connectivity index (χ1) is 6.82. The van der Waals surface area contributed by atoms with Crippen LogP contribution >= 0.6 is 0 Å². The van der Waals surface area contributed by atoms with Crippen molar-refractivity contribution in [3.05, 3.63) is 35.4 Å². The van der Waals surface area contributed by atoms with Gasteiger partial charge < -0.3 is 0 Å². The second kappa shape index (κ2) is 4.00. The largest absolute Gasteiger partial charge is 0.416 e. The van der Waals surface area contributed by atoms with Gasteiger partial charge in [0.2, 0.25) is 0 Å². The number of carbonyl (C=O) groups excluding carboxylic acids is 1. The minimum absolute atomic E-state index is 0.266. The molecule has 1 unspecified atom stereocenters. The number of ketones is 1. The normalized spacial score (nSPS) is 13.7. The van der Waals surface area contributed by atoms with Gasteiger partial charge >= 0.3 is 6.18 Å². The van der Waals surface area contributed by atoms with Crippen molar-refractivity contribution < 1.29 is 22.4 Å². The Labute approximate surface area is 83.7 Å². The number of rotatable bonds is 2. The molecule has 0 fully saturated rings. The maximum atomic E-state index is 13.1. The van der Waals surface area contributed by atoms with Crippen molar-refractivity contribution in [2.45, 2.75) is 19.3 Å². The second-order valence-electron chi connectivity index (χ2n) is 3.10. The van der Waals surface area contributed by atoms with Crippen LogP contribution in [0.5, 0.6) is 0 Å². The summed E-state index contributed by atoms with van der Waals surface area (Å²) in [5.41, 5.74) is -1.22. The van der Waals surface area contributed by atoms with Gasteiger partial charge in [0, 0.05) is 0 Å². The monoisotopic (exact) mass is 220 g/mol. The summed E-state index contributed by atoms with van der Waals surface area (Å²) in [6.07, 6.45) is -6.51. The van der Waals surface area contributed by atoms with E-state index in [4.69, 9.17) is 0 Å². The van der Waals surface area contributed by atoms with Crippen LogP contribution < -0.4 is 0 Å². The van der Waals surface area contributed by atoms with Crippen LogP contribution in [0.3, 0.4) is 0 Å². The summed E-state index contributed by atoms with van der Waals surface area (Å²) in [6.45, 7) is 0.991. The van der Waals surface area contributed by atoms with E-state index in [0.29, 0.717) is 6.07 Å². The third-order valence-electron chi connectivity index (χ3n) is 1.86. The molecule has 0 bridgehead atoms. The van der Waals surface area contributed by atoms with Gasteiger partial charge in [-0.05, 0) is 24.6 Å². The lowest BCUT2D eigenvalue weighted by Gasteiger charge is -2.09. The molecule has 1 aromatic rings. The summed E-state index contributed by atoms with van der Waals surface area (Å²) in [5.74, 6) is -0.811. The minimum Gasteiger partial charge on any atom is -0.296 e. The fraction of sp³-hybridized carbons (Fsp3) is 0.300. The summed E-state index contributed by atoms with van der Waals surface area (Å²) in [5, 5.41) is 0. The van der Waals surface area contributed by atoms with E-state index in [1.165, 1.54) is 0 Å². The number of hydrogen-bond acceptors (Lipinski definition) is 1. The van der Waals surface area contributed by atoms with Crippen LogP contribution in [0.25, 0.3) is 0 Å². The van der Waals surface area contributed by atoms with Gasteiger partial charge in [-0.1, -0.05) is 12.1 Å². The van der Waals surface area contributed by atoms with Gasteiger partial charge in [-0.3, -0.25) is 4.79 Å². The highest BCUT2D eigenvalue weighted by Gasteiger charge is 2.31. The molecular formula is C10H8F4O. The van der Waals surface area contributed by atoms with E-state index in [2.05, 4.69) is 0 Å². The van der Waals surface area contributed by atoms with E-state index in [0.717, 1.165) is 25.1 Å². The summed E-state index contributed by atoms with van der Waals surface area (Å²) < 4.78 is 49.8. The van der Waals surface area contributed by atoms with Crippen LogP contribution in [0.2, 0.25) is 0 Å². The van der Waals surface area contributed by atoms with E-state index >= 15 is 0 Å². The zero-order valence-electron chi connectivity index (χ0n) is 7.81. The Kier molecular flexibility index (Phi) is 3.12. The summed E-state index contributed by atoms with van der Waals surface area (Å²) in [7, 11) is 0. The number of alkyl halides is 4. The third kappa shape index (κ3) is 2.78. The lowest BCUT2D eigenvalue weighted by atomic mass is 10.0. The average Bonchev–Trinajstić information content (AvgIpc) is 2.15. The zero-order valence-corrected chi connectivity index (χ0v) is 7.81. The topological polar surface area (TPSA) is 17.1 Å². The van der Waals surface area contributed by atoms with Crippen molar-refractivity contribution in [2.24, 2.45) is 0 Å². The minimum atomic E-state index is -4.52. The molecule has 1 atom stereocenters. The fourth-order valence-electron chi connectivity index (χ4n) is 1.11. The van der Waals surface area contributed by atoms with Crippen molar-refractivity contribution in [1.82, 2.24) is 0 Å². The predicted octanol–water partition coefficient (Wildman–Crippen LogP) is 3.31. The van der Waals surface area contributed by atoms with Crippen molar-refractivity contribution >= 4 is 5.78 Å². The maximum absolute atomic E-state index is 13.1. The van der Waals surface area contributed by atoms with Gasteiger partial charge in [0.25, 0.3) is 0 Å². The fourth-order valence-corrected chi connectivity index (χ4v) is 1.11. The molecule has 0 saturated heterocycles. The highest BCUT2D eigenvalue weighted by Crippen LogP contribution is 2.31. The Balaban J connectivity index is 3.08. The molecule has 1 aromatic carbocycles.